The molecule has 2 aromatic heterocycles. The molecule has 1 aliphatic heterocycles. The highest BCUT2D eigenvalue weighted by Crippen LogP contribution is 2.25. The number of benzene rings is 1. The van der Waals surface area contributed by atoms with E-state index in [9.17, 15) is 9.59 Å². The Morgan fingerprint density at radius 2 is 2.15 bits per heavy atom. The zero-order valence-corrected chi connectivity index (χ0v) is 14.3. The van der Waals surface area contributed by atoms with Gasteiger partial charge in [-0.1, -0.05) is 11.6 Å². The largest absolute Gasteiger partial charge is 0.471 e. The molecule has 3 heterocycles. The number of aromatic amines is 2. The maximum absolute atomic E-state index is 12.4. The van der Waals surface area contributed by atoms with E-state index in [0.29, 0.717) is 35.5 Å². The molecule has 1 aliphatic rings. The average molecular weight is 375 g/mol. The highest BCUT2D eigenvalue weighted by atomic mass is 35.5. The first-order chi connectivity index (χ1) is 12.6. The standard InChI is InChI=1S/C17H15ClN4O4/c18-12-5-9(7-19-16(12)26-11-3-4-25-8-11)15(23)20-10-1-2-13-14(6-10)22-17(24)21-13/h1-2,5-7,11H,3-4,8H2,(H,20,23)(H2,21,22,24). The Balaban J connectivity index is 1.49. The second-order valence-corrected chi connectivity index (χ2v) is 6.32. The van der Waals surface area contributed by atoms with Crippen molar-refractivity contribution in [3.63, 3.8) is 0 Å². The molecule has 1 saturated heterocycles. The fourth-order valence-electron chi connectivity index (χ4n) is 2.71. The number of amides is 1. The van der Waals surface area contributed by atoms with Gasteiger partial charge in [0.2, 0.25) is 5.88 Å². The van der Waals surface area contributed by atoms with Crippen molar-refractivity contribution in [2.45, 2.75) is 12.5 Å². The number of nitrogens with zero attached hydrogens (tertiary/aromatic N) is 1. The van der Waals surface area contributed by atoms with Crippen molar-refractivity contribution in [1.82, 2.24) is 15.0 Å². The molecule has 1 atom stereocenters. The third kappa shape index (κ3) is 3.42. The molecular weight excluding hydrogens is 360 g/mol. The summed E-state index contributed by atoms with van der Waals surface area (Å²) in [5.74, 6) is -0.0857. The summed E-state index contributed by atoms with van der Waals surface area (Å²) < 4.78 is 10.9. The van der Waals surface area contributed by atoms with E-state index in [1.807, 2.05) is 0 Å². The topological polar surface area (TPSA) is 109 Å². The number of imidazole rings is 1. The highest BCUT2D eigenvalue weighted by Gasteiger charge is 2.20. The van der Waals surface area contributed by atoms with E-state index >= 15 is 0 Å². The lowest BCUT2D eigenvalue weighted by atomic mass is 10.2. The summed E-state index contributed by atoms with van der Waals surface area (Å²) >= 11 is 6.18. The summed E-state index contributed by atoms with van der Waals surface area (Å²) in [6, 6.07) is 6.56. The lowest BCUT2D eigenvalue weighted by Gasteiger charge is -2.12. The van der Waals surface area contributed by atoms with Gasteiger partial charge in [0.25, 0.3) is 5.91 Å². The molecule has 3 aromatic rings. The first-order valence-corrected chi connectivity index (χ1v) is 8.39. The zero-order valence-electron chi connectivity index (χ0n) is 13.5. The molecule has 26 heavy (non-hydrogen) atoms. The molecule has 0 radical (unpaired) electrons. The molecule has 134 valence electrons. The van der Waals surface area contributed by atoms with E-state index in [2.05, 4.69) is 20.3 Å². The predicted molar refractivity (Wildman–Crippen MR) is 96.0 cm³/mol. The van der Waals surface area contributed by atoms with Crippen molar-refractivity contribution in [2.75, 3.05) is 18.5 Å². The van der Waals surface area contributed by atoms with Crippen LogP contribution in [-0.2, 0) is 4.74 Å². The molecule has 8 nitrogen and oxygen atoms in total. The number of aromatic nitrogens is 3. The van der Waals surface area contributed by atoms with Crippen molar-refractivity contribution in [2.24, 2.45) is 0 Å². The molecule has 4 rings (SSSR count). The summed E-state index contributed by atoms with van der Waals surface area (Å²) in [5.41, 5.74) is 1.80. The quantitative estimate of drug-likeness (QED) is 0.649. The lowest BCUT2D eigenvalue weighted by Crippen LogP contribution is -2.17. The molecule has 0 bridgehead atoms. The van der Waals surface area contributed by atoms with Crippen LogP contribution in [0.5, 0.6) is 5.88 Å². The van der Waals surface area contributed by atoms with Crippen LogP contribution < -0.4 is 15.7 Å². The van der Waals surface area contributed by atoms with Gasteiger partial charge in [0.05, 0.1) is 29.8 Å². The van der Waals surface area contributed by atoms with Crippen molar-refractivity contribution in [3.8, 4) is 5.88 Å². The van der Waals surface area contributed by atoms with Crippen LogP contribution in [0.25, 0.3) is 11.0 Å². The van der Waals surface area contributed by atoms with Crippen molar-refractivity contribution in [1.29, 1.82) is 0 Å². The van der Waals surface area contributed by atoms with Crippen LogP contribution in [0, 0.1) is 0 Å². The van der Waals surface area contributed by atoms with Gasteiger partial charge in [-0.3, -0.25) is 4.79 Å². The van der Waals surface area contributed by atoms with Crippen LogP contribution in [0.15, 0.2) is 35.3 Å². The van der Waals surface area contributed by atoms with Gasteiger partial charge in [0, 0.05) is 18.3 Å². The van der Waals surface area contributed by atoms with Gasteiger partial charge in [-0.25, -0.2) is 9.78 Å². The maximum Gasteiger partial charge on any atom is 0.323 e. The van der Waals surface area contributed by atoms with Gasteiger partial charge in [-0.2, -0.15) is 0 Å². The summed E-state index contributed by atoms with van der Waals surface area (Å²) in [6.07, 6.45) is 2.11. The third-order valence-corrected chi connectivity index (χ3v) is 4.28. The number of hydrogen-bond donors (Lipinski definition) is 3. The van der Waals surface area contributed by atoms with Gasteiger partial charge >= 0.3 is 5.69 Å². The van der Waals surface area contributed by atoms with Crippen LogP contribution in [0.1, 0.15) is 16.8 Å². The van der Waals surface area contributed by atoms with E-state index in [1.54, 1.807) is 18.2 Å². The minimum Gasteiger partial charge on any atom is -0.471 e. The number of anilines is 1. The number of pyridine rings is 1. The Labute approximate surface area is 152 Å². The van der Waals surface area contributed by atoms with Gasteiger partial charge in [-0.15, -0.1) is 0 Å². The molecule has 1 aromatic carbocycles. The Morgan fingerprint density at radius 3 is 2.92 bits per heavy atom. The van der Waals surface area contributed by atoms with Crippen LogP contribution in [0.4, 0.5) is 5.69 Å². The number of ether oxygens (including phenoxy) is 2. The van der Waals surface area contributed by atoms with E-state index < -0.39 is 0 Å². The SMILES string of the molecule is O=C(Nc1ccc2[nH]c(=O)[nH]c2c1)c1cnc(OC2CCOC2)c(Cl)c1. The third-order valence-electron chi connectivity index (χ3n) is 4.01. The smallest absolute Gasteiger partial charge is 0.323 e. The molecule has 0 spiro atoms. The van der Waals surface area contributed by atoms with Gasteiger partial charge in [0.15, 0.2) is 0 Å². The monoisotopic (exact) mass is 374 g/mol. The Kier molecular flexibility index (Phi) is 4.36. The van der Waals surface area contributed by atoms with Crippen LogP contribution in [0.3, 0.4) is 0 Å². The molecule has 0 aliphatic carbocycles. The number of carbonyl (C=O) groups excluding carboxylic acids is 1. The van der Waals surface area contributed by atoms with Gasteiger partial charge in [0.1, 0.15) is 11.1 Å². The number of rotatable bonds is 4. The van der Waals surface area contributed by atoms with Crippen molar-refractivity contribution >= 4 is 34.2 Å². The minimum atomic E-state index is -0.368. The van der Waals surface area contributed by atoms with Crippen LogP contribution in [-0.4, -0.2) is 40.2 Å². The molecule has 0 saturated carbocycles. The lowest BCUT2D eigenvalue weighted by molar-refractivity contribution is 0.102. The molecule has 1 amide bonds. The summed E-state index contributed by atoms with van der Waals surface area (Å²) in [5, 5.41) is 3.00. The summed E-state index contributed by atoms with van der Waals surface area (Å²) in [6.45, 7) is 1.16. The minimum absolute atomic E-state index is 0.0742. The fraction of sp³-hybridized carbons (Fsp3) is 0.235. The number of nitrogens with one attached hydrogen (secondary N) is 3. The number of hydrogen-bond acceptors (Lipinski definition) is 5. The number of H-pyrrole nitrogens is 2. The van der Waals surface area contributed by atoms with Crippen molar-refractivity contribution in [3.05, 3.63) is 51.5 Å². The Bertz CT molecular complexity index is 1020. The average Bonchev–Trinajstić information content (AvgIpc) is 3.24. The second-order valence-electron chi connectivity index (χ2n) is 5.91. The molecule has 1 fully saturated rings. The zero-order chi connectivity index (χ0) is 18.1. The number of fused-ring (bicyclic) bond motifs is 1. The first-order valence-electron chi connectivity index (χ1n) is 8.02. The summed E-state index contributed by atoms with van der Waals surface area (Å²) in [4.78, 5) is 33.1. The van der Waals surface area contributed by atoms with Crippen molar-refractivity contribution < 1.29 is 14.3 Å². The predicted octanol–water partition coefficient (Wildman–Crippen LogP) is 2.32. The van der Waals surface area contributed by atoms with E-state index in [-0.39, 0.29) is 28.6 Å². The molecule has 1 unspecified atom stereocenters. The van der Waals surface area contributed by atoms with Crippen LogP contribution >= 0.6 is 11.6 Å². The summed E-state index contributed by atoms with van der Waals surface area (Å²) in [7, 11) is 0. The number of halogens is 1. The van der Waals surface area contributed by atoms with E-state index in [1.165, 1.54) is 12.3 Å². The molecule has 9 heteroatoms. The molecule has 3 N–H and O–H groups in total. The second kappa shape index (κ2) is 6.81. The highest BCUT2D eigenvalue weighted by molar-refractivity contribution is 6.32. The van der Waals surface area contributed by atoms with E-state index in [0.717, 1.165) is 6.42 Å². The molecular formula is C17H15ClN4O4. The number of carbonyl (C=O) groups is 1. The Hall–Kier alpha value is -2.84. The van der Waals surface area contributed by atoms with Gasteiger partial charge < -0.3 is 24.8 Å². The van der Waals surface area contributed by atoms with E-state index in [4.69, 9.17) is 21.1 Å². The van der Waals surface area contributed by atoms with Crippen LogP contribution in [0.2, 0.25) is 5.02 Å². The van der Waals surface area contributed by atoms with Gasteiger partial charge in [-0.05, 0) is 24.3 Å². The normalized spacial score (nSPS) is 16.7. The maximum atomic E-state index is 12.4. The fourth-order valence-corrected chi connectivity index (χ4v) is 2.92. The Morgan fingerprint density at radius 1 is 1.31 bits per heavy atom. The first kappa shape index (κ1) is 16.6.